The standard InChI is InChI=1S/C5H9O2/c1-4(2)7-5(3)6/h4H,3H2,1-2H3/p+1. The summed E-state index contributed by atoms with van der Waals surface area (Å²) in [6.07, 6.45) is -0.0370. The molecule has 0 rings (SSSR count). The maximum atomic E-state index is 9.92. The molecule has 0 aromatic heterocycles. The zero-order valence-electron chi connectivity index (χ0n) is 5.60. The summed E-state index contributed by atoms with van der Waals surface area (Å²) in [5.74, 6) is -0.463. The topological polar surface area (TPSA) is 26.3 Å². The van der Waals surface area contributed by atoms with Crippen molar-refractivity contribution in [3.63, 3.8) is 0 Å². The van der Waals surface area contributed by atoms with Crippen LogP contribution >= 0.6 is 0 Å². The molecule has 0 N–H and O–H groups in total. The fraction of sp³-hybridized carbons (Fsp3) is 0.600. The largest absolute Gasteiger partial charge is 1.00 e. The molecule has 0 aliphatic carbocycles. The Morgan fingerprint density at radius 1 is 1.86 bits per heavy atom. The molecule has 0 saturated heterocycles. The molecule has 0 unspecified atom stereocenters. The summed E-state index contributed by atoms with van der Waals surface area (Å²) in [6.45, 7) is 6.58. The first-order chi connectivity index (χ1) is 3.13. The van der Waals surface area contributed by atoms with Gasteiger partial charge in [-0.2, -0.15) is 0 Å². The fourth-order valence-corrected chi connectivity index (χ4v) is 0.263. The SMILES string of the molecule is [CH2]C(=O)OC(C)C.[H+]. The maximum absolute atomic E-state index is 9.92. The zero-order chi connectivity index (χ0) is 5.86. The summed E-state index contributed by atoms with van der Waals surface area (Å²) in [5, 5.41) is 0. The van der Waals surface area contributed by atoms with Gasteiger partial charge in [-0.25, -0.2) is 0 Å². The van der Waals surface area contributed by atoms with E-state index >= 15 is 0 Å². The molecule has 2 heteroatoms. The third-order valence-corrected chi connectivity index (χ3v) is 0.367. The lowest BCUT2D eigenvalue weighted by molar-refractivity contribution is -0.141. The number of esters is 1. The van der Waals surface area contributed by atoms with Gasteiger partial charge in [-0.15, -0.1) is 0 Å². The molecule has 0 aliphatic heterocycles. The van der Waals surface area contributed by atoms with Crippen molar-refractivity contribution in [1.29, 1.82) is 0 Å². The molecule has 1 radical (unpaired) electrons. The van der Waals surface area contributed by atoms with Crippen molar-refractivity contribution in [3.8, 4) is 0 Å². The predicted molar refractivity (Wildman–Crippen MR) is 27.7 cm³/mol. The number of rotatable bonds is 1. The molecule has 0 atom stereocenters. The summed E-state index contributed by atoms with van der Waals surface area (Å²) in [4.78, 5) is 9.92. The molecule has 0 aromatic rings. The van der Waals surface area contributed by atoms with Crippen LogP contribution in [0.4, 0.5) is 0 Å². The Balaban J connectivity index is 0. The highest BCUT2D eigenvalue weighted by Crippen LogP contribution is 1.85. The van der Waals surface area contributed by atoms with Crippen LogP contribution in [-0.4, -0.2) is 12.1 Å². The first-order valence-electron chi connectivity index (χ1n) is 2.15. The molecular weight excluding hydrogens is 92.1 g/mol. The van der Waals surface area contributed by atoms with Crippen molar-refractivity contribution >= 4 is 5.97 Å². The Bertz CT molecular complexity index is 70.8. The first-order valence-corrected chi connectivity index (χ1v) is 2.15. The van der Waals surface area contributed by atoms with Gasteiger partial charge in [0.15, 0.2) is 0 Å². The highest BCUT2D eigenvalue weighted by Gasteiger charge is 1.93. The van der Waals surface area contributed by atoms with Crippen LogP contribution in [0.3, 0.4) is 0 Å². The van der Waals surface area contributed by atoms with Crippen molar-refractivity contribution in [2.24, 2.45) is 0 Å². The van der Waals surface area contributed by atoms with Gasteiger partial charge in [-0.1, -0.05) is 0 Å². The van der Waals surface area contributed by atoms with Gasteiger partial charge >= 0.3 is 7.40 Å². The normalized spacial score (nSPS) is 9.14. The van der Waals surface area contributed by atoms with Gasteiger partial charge in [0.05, 0.1) is 13.0 Å². The van der Waals surface area contributed by atoms with E-state index < -0.39 is 5.97 Å². The monoisotopic (exact) mass is 102 g/mol. The van der Waals surface area contributed by atoms with Gasteiger partial charge < -0.3 is 4.74 Å². The average molecular weight is 102 g/mol. The Hall–Kier alpha value is -0.530. The quantitative estimate of drug-likeness (QED) is 0.459. The van der Waals surface area contributed by atoms with E-state index in [1.807, 2.05) is 0 Å². The third-order valence-electron chi connectivity index (χ3n) is 0.367. The average Bonchev–Trinajstić information content (AvgIpc) is 1.27. The lowest BCUT2D eigenvalue weighted by Gasteiger charge is -2.01. The minimum atomic E-state index is -0.463. The van der Waals surface area contributed by atoms with E-state index in [4.69, 9.17) is 0 Å². The molecule has 0 aromatic carbocycles. The smallest absolute Gasteiger partial charge is 0.463 e. The van der Waals surface area contributed by atoms with Crippen LogP contribution in [0, 0.1) is 6.92 Å². The van der Waals surface area contributed by atoms with E-state index in [1.165, 1.54) is 0 Å². The number of hydrogen-bond acceptors (Lipinski definition) is 2. The van der Waals surface area contributed by atoms with E-state index in [0.29, 0.717) is 0 Å². The summed E-state index contributed by atoms with van der Waals surface area (Å²) < 4.78 is 4.50. The lowest BCUT2D eigenvalue weighted by Crippen LogP contribution is -2.06. The molecule has 41 valence electrons. The summed E-state index contributed by atoms with van der Waals surface area (Å²) in [6, 6.07) is 0. The van der Waals surface area contributed by atoms with Crippen LogP contribution in [-0.2, 0) is 9.53 Å². The lowest BCUT2D eigenvalue weighted by atomic mass is 10.5. The van der Waals surface area contributed by atoms with Crippen molar-refractivity contribution in [2.75, 3.05) is 0 Å². The highest BCUT2D eigenvalue weighted by atomic mass is 16.5. The second-order valence-corrected chi connectivity index (χ2v) is 1.54. The van der Waals surface area contributed by atoms with Gasteiger partial charge in [0.1, 0.15) is 0 Å². The van der Waals surface area contributed by atoms with Crippen LogP contribution in [0.25, 0.3) is 0 Å². The van der Waals surface area contributed by atoms with E-state index in [2.05, 4.69) is 11.7 Å². The molecule has 0 heterocycles. The van der Waals surface area contributed by atoms with Crippen LogP contribution < -0.4 is 0 Å². The molecule has 0 fully saturated rings. The van der Waals surface area contributed by atoms with Crippen molar-refractivity contribution in [3.05, 3.63) is 6.92 Å². The van der Waals surface area contributed by atoms with Gasteiger partial charge in [0.25, 0.3) is 0 Å². The minimum absolute atomic E-state index is 0. The first kappa shape index (κ1) is 6.47. The van der Waals surface area contributed by atoms with Gasteiger partial charge in [0.2, 0.25) is 0 Å². The summed E-state index contributed by atoms with van der Waals surface area (Å²) in [7, 11) is 0. The number of carbonyl (C=O) groups is 1. The Kier molecular flexibility index (Phi) is 2.41. The predicted octanol–water partition coefficient (Wildman–Crippen LogP) is 0.885. The second-order valence-electron chi connectivity index (χ2n) is 1.54. The van der Waals surface area contributed by atoms with E-state index in [0.717, 1.165) is 0 Å². The fourth-order valence-electron chi connectivity index (χ4n) is 0.263. The number of hydrogen-bond donors (Lipinski definition) is 0. The summed E-state index contributed by atoms with van der Waals surface area (Å²) >= 11 is 0. The number of ether oxygens (including phenoxy) is 1. The van der Waals surface area contributed by atoms with Gasteiger partial charge in [-0.3, -0.25) is 4.79 Å². The van der Waals surface area contributed by atoms with Crippen LogP contribution in [0.1, 0.15) is 15.3 Å². The number of carbonyl (C=O) groups excluding carboxylic acids is 1. The minimum Gasteiger partial charge on any atom is -0.463 e. The molecule has 0 bridgehead atoms. The zero-order valence-corrected chi connectivity index (χ0v) is 4.60. The Labute approximate surface area is 45.0 Å². The van der Waals surface area contributed by atoms with Crippen molar-refractivity contribution < 1.29 is 11.0 Å². The van der Waals surface area contributed by atoms with Crippen LogP contribution in [0.5, 0.6) is 0 Å². The molecule has 2 nitrogen and oxygen atoms in total. The van der Waals surface area contributed by atoms with Crippen LogP contribution in [0.15, 0.2) is 0 Å². The summed E-state index contributed by atoms with van der Waals surface area (Å²) in [5.41, 5.74) is 0. The molecule has 0 saturated carbocycles. The van der Waals surface area contributed by atoms with Gasteiger partial charge in [0, 0.05) is 0 Å². The van der Waals surface area contributed by atoms with E-state index in [1.54, 1.807) is 13.8 Å². The van der Waals surface area contributed by atoms with Crippen LogP contribution in [0.2, 0.25) is 0 Å². The van der Waals surface area contributed by atoms with Gasteiger partial charge in [-0.05, 0) is 13.8 Å². The molecule has 0 amide bonds. The Morgan fingerprint density at radius 3 is 2.29 bits per heavy atom. The second kappa shape index (κ2) is 2.61. The van der Waals surface area contributed by atoms with E-state index in [-0.39, 0.29) is 7.53 Å². The third kappa shape index (κ3) is 5.47. The molecule has 0 aliphatic rings. The van der Waals surface area contributed by atoms with E-state index in [9.17, 15) is 4.79 Å². The van der Waals surface area contributed by atoms with Crippen molar-refractivity contribution in [1.82, 2.24) is 0 Å². The van der Waals surface area contributed by atoms with Crippen molar-refractivity contribution in [2.45, 2.75) is 20.0 Å². The maximum Gasteiger partial charge on any atom is 1.00 e. The Morgan fingerprint density at radius 2 is 2.29 bits per heavy atom. The molecular formula is C5H10O2+. The molecule has 7 heavy (non-hydrogen) atoms. The highest BCUT2D eigenvalue weighted by molar-refractivity contribution is 5.73. The molecule has 0 spiro atoms.